The molecule has 0 radical (unpaired) electrons. The first-order valence-electron chi connectivity index (χ1n) is 3.98. The van der Waals surface area contributed by atoms with E-state index in [2.05, 4.69) is 0 Å². The van der Waals surface area contributed by atoms with E-state index in [1.807, 2.05) is 13.2 Å². The van der Waals surface area contributed by atoms with Crippen LogP contribution in [0.1, 0.15) is 6.92 Å². The minimum absolute atomic E-state index is 0.0616. The van der Waals surface area contributed by atoms with E-state index in [-0.39, 0.29) is 12.2 Å². The van der Waals surface area contributed by atoms with Crippen molar-refractivity contribution in [3.8, 4) is 0 Å². The van der Waals surface area contributed by atoms with E-state index in [9.17, 15) is 5.11 Å². The highest BCUT2D eigenvalue weighted by Crippen LogP contribution is 1.99. The minimum Gasteiger partial charge on any atom is -0.390 e. The number of aliphatic hydroxyl groups is 1. The van der Waals surface area contributed by atoms with Crippen LogP contribution < -0.4 is 0 Å². The van der Waals surface area contributed by atoms with Crippen LogP contribution in [0.2, 0.25) is 0 Å². The fourth-order valence-electron chi connectivity index (χ4n) is 0.799. The predicted octanol–water partition coefficient (Wildman–Crippen LogP) is 0.762. The maximum Gasteiger partial charge on any atom is 0.0863 e. The van der Waals surface area contributed by atoms with Crippen LogP contribution in [-0.2, 0) is 9.47 Å². The van der Waals surface area contributed by atoms with Crippen LogP contribution in [0, 0.1) is 0 Å². The van der Waals surface area contributed by atoms with Crippen LogP contribution in [0.25, 0.3) is 0 Å². The summed E-state index contributed by atoms with van der Waals surface area (Å²) in [5.41, 5.74) is 0. The van der Waals surface area contributed by atoms with Gasteiger partial charge in [0.05, 0.1) is 25.4 Å². The van der Waals surface area contributed by atoms with Crippen molar-refractivity contribution < 1.29 is 14.6 Å². The smallest absolute Gasteiger partial charge is 0.0863 e. The summed E-state index contributed by atoms with van der Waals surface area (Å²) >= 11 is 1.61. The largest absolute Gasteiger partial charge is 0.390 e. The van der Waals surface area contributed by atoms with E-state index in [1.54, 1.807) is 18.9 Å². The lowest BCUT2D eigenvalue weighted by Gasteiger charge is -2.14. The number of ether oxygens (including phenoxy) is 2. The van der Waals surface area contributed by atoms with Gasteiger partial charge in [-0.1, -0.05) is 0 Å². The third-order valence-electron chi connectivity index (χ3n) is 1.33. The molecule has 12 heavy (non-hydrogen) atoms. The Balaban J connectivity index is 3.27. The standard InChI is InChI=1S/C8H18O3S/c1-7(4-10-2)11-5-8(9)6-12-3/h7-9H,4-6H2,1-3H3. The molecule has 0 aromatic heterocycles. The minimum atomic E-state index is -0.362. The lowest BCUT2D eigenvalue weighted by molar-refractivity contribution is -0.0257. The summed E-state index contributed by atoms with van der Waals surface area (Å²) in [7, 11) is 1.64. The lowest BCUT2D eigenvalue weighted by atomic mass is 10.4. The summed E-state index contributed by atoms with van der Waals surface area (Å²) in [6.07, 6.45) is 1.66. The third kappa shape index (κ3) is 6.91. The zero-order valence-electron chi connectivity index (χ0n) is 7.95. The molecule has 0 rings (SSSR count). The Morgan fingerprint density at radius 2 is 2.08 bits per heavy atom. The summed E-state index contributed by atoms with van der Waals surface area (Å²) in [5, 5.41) is 9.28. The van der Waals surface area contributed by atoms with Crippen LogP contribution in [0.5, 0.6) is 0 Å². The van der Waals surface area contributed by atoms with Crippen LogP contribution in [0.4, 0.5) is 0 Å². The molecule has 0 heterocycles. The highest BCUT2D eigenvalue weighted by atomic mass is 32.2. The van der Waals surface area contributed by atoms with Gasteiger partial charge in [0.2, 0.25) is 0 Å². The second-order valence-corrected chi connectivity index (χ2v) is 3.62. The van der Waals surface area contributed by atoms with E-state index < -0.39 is 0 Å². The fraction of sp³-hybridized carbons (Fsp3) is 1.00. The molecule has 0 aliphatic heterocycles. The molecule has 0 fully saturated rings. The summed E-state index contributed by atoms with van der Waals surface area (Å²) < 4.78 is 10.2. The Morgan fingerprint density at radius 1 is 1.42 bits per heavy atom. The van der Waals surface area contributed by atoms with Gasteiger partial charge in [-0.3, -0.25) is 0 Å². The molecular weight excluding hydrogens is 176 g/mol. The summed E-state index contributed by atoms with van der Waals surface area (Å²) in [6.45, 7) is 2.90. The van der Waals surface area contributed by atoms with Gasteiger partial charge in [0.1, 0.15) is 0 Å². The quantitative estimate of drug-likeness (QED) is 0.649. The van der Waals surface area contributed by atoms with E-state index in [0.717, 1.165) is 5.75 Å². The molecule has 1 N–H and O–H groups in total. The van der Waals surface area contributed by atoms with Crippen molar-refractivity contribution in [1.82, 2.24) is 0 Å². The van der Waals surface area contributed by atoms with Gasteiger partial charge < -0.3 is 14.6 Å². The van der Waals surface area contributed by atoms with E-state index in [1.165, 1.54) is 0 Å². The van der Waals surface area contributed by atoms with Gasteiger partial charge in [-0.25, -0.2) is 0 Å². The second-order valence-electron chi connectivity index (χ2n) is 2.71. The maximum atomic E-state index is 9.28. The molecule has 0 saturated heterocycles. The Kier molecular flexibility index (Phi) is 8.01. The highest BCUT2D eigenvalue weighted by Gasteiger charge is 2.06. The zero-order valence-corrected chi connectivity index (χ0v) is 8.76. The van der Waals surface area contributed by atoms with Crippen LogP contribution in [-0.4, -0.2) is 49.6 Å². The molecule has 0 saturated carbocycles. The van der Waals surface area contributed by atoms with Crippen molar-refractivity contribution in [2.45, 2.75) is 19.1 Å². The van der Waals surface area contributed by atoms with Crippen LogP contribution >= 0.6 is 11.8 Å². The molecule has 0 bridgehead atoms. The fourth-order valence-corrected chi connectivity index (χ4v) is 1.28. The molecule has 4 heteroatoms. The molecule has 74 valence electrons. The lowest BCUT2D eigenvalue weighted by Crippen LogP contribution is -2.24. The van der Waals surface area contributed by atoms with Crippen molar-refractivity contribution in [1.29, 1.82) is 0 Å². The first kappa shape index (κ1) is 12.2. The van der Waals surface area contributed by atoms with E-state index >= 15 is 0 Å². The Bertz CT molecular complexity index is 88.3. The maximum absolute atomic E-state index is 9.28. The molecule has 2 atom stereocenters. The first-order chi connectivity index (χ1) is 5.70. The van der Waals surface area contributed by atoms with E-state index in [0.29, 0.717) is 13.2 Å². The Labute approximate surface area is 78.4 Å². The monoisotopic (exact) mass is 194 g/mol. The van der Waals surface area contributed by atoms with Gasteiger partial charge in [0.25, 0.3) is 0 Å². The highest BCUT2D eigenvalue weighted by molar-refractivity contribution is 7.98. The average molecular weight is 194 g/mol. The first-order valence-corrected chi connectivity index (χ1v) is 5.37. The molecule has 0 aromatic carbocycles. The number of thioether (sulfide) groups is 1. The van der Waals surface area contributed by atoms with Gasteiger partial charge in [0.15, 0.2) is 0 Å². The molecule has 0 amide bonds. The summed E-state index contributed by atoms with van der Waals surface area (Å²) in [4.78, 5) is 0. The number of methoxy groups -OCH3 is 1. The summed E-state index contributed by atoms with van der Waals surface area (Å²) in [5.74, 6) is 0.722. The van der Waals surface area contributed by atoms with Crippen molar-refractivity contribution in [3.63, 3.8) is 0 Å². The molecule has 2 unspecified atom stereocenters. The topological polar surface area (TPSA) is 38.7 Å². The Hall–Kier alpha value is 0.230. The molecular formula is C8H18O3S. The van der Waals surface area contributed by atoms with Gasteiger partial charge >= 0.3 is 0 Å². The van der Waals surface area contributed by atoms with Crippen molar-refractivity contribution in [3.05, 3.63) is 0 Å². The molecule has 0 aromatic rings. The number of hydrogen-bond acceptors (Lipinski definition) is 4. The molecule has 0 aliphatic carbocycles. The van der Waals surface area contributed by atoms with Crippen molar-refractivity contribution >= 4 is 11.8 Å². The third-order valence-corrected chi connectivity index (χ3v) is 2.05. The van der Waals surface area contributed by atoms with Gasteiger partial charge in [-0.05, 0) is 13.2 Å². The second kappa shape index (κ2) is 7.86. The van der Waals surface area contributed by atoms with Crippen molar-refractivity contribution in [2.75, 3.05) is 32.3 Å². The van der Waals surface area contributed by atoms with Crippen molar-refractivity contribution in [2.24, 2.45) is 0 Å². The molecule has 3 nitrogen and oxygen atoms in total. The predicted molar refractivity (Wildman–Crippen MR) is 51.7 cm³/mol. The zero-order chi connectivity index (χ0) is 9.40. The van der Waals surface area contributed by atoms with E-state index in [4.69, 9.17) is 9.47 Å². The molecule has 0 spiro atoms. The van der Waals surface area contributed by atoms with Crippen LogP contribution in [0.3, 0.4) is 0 Å². The number of hydrogen-bond donors (Lipinski definition) is 1. The Morgan fingerprint density at radius 3 is 2.58 bits per heavy atom. The van der Waals surface area contributed by atoms with Gasteiger partial charge in [-0.15, -0.1) is 0 Å². The van der Waals surface area contributed by atoms with Gasteiger partial charge in [-0.2, -0.15) is 11.8 Å². The normalized spacial score (nSPS) is 16.0. The number of rotatable bonds is 7. The summed E-state index contributed by atoms with van der Waals surface area (Å²) in [6, 6.07) is 0. The van der Waals surface area contributed by atoms with Gasteiger partial charge in [0, 0.05) is 12.9 Å². The average Bonchev–Trinajstić information content (AvgIpc) is 2.02. The molecule has 0 aliphatic rings. The van der Waals surface area contributed by atoms with Crippen LogP contribution in [0.15, 0.2) is 0 Å². The SMILES string of the molecule is COCC(C)OCC(O)CSC. The number of aliphatic hydroxyl groups excluding tert-OH is 1.